The number of hydrogen-bond acceptors (Lipinski definition) is 4. The molecule has 0 heterocycles. The number of carbonyl (C=O) groups is 2. The molecule has 2 N–H and O–H groups in total. The zero-order valence-electron chi connectivity index (χ0n) is 11.7. The largest absolute Gasteiger partial charge is 0.480 e. The van der Waals surface area contributed by atoms with E-state index in [-0.39, 0.29) is 18.2 Å². The smallest absolute Gasteiger partial charge is 0.326 e. The van der Waals surface area contributed by atoms with Crippen molar-refractivity contribution in [3.05, 3.63) is 0 Å². The zero-order valence-corrected chi connectivity index (χ0v) is 12.5. The monoisotopic (exact) mass is 294 g/mol. The van der Waals surface area contributed by atoms with Crippen LogP contribution in [0.4, 0.5) is 4.79 Å². The number of carboxylic acids is 1. The molecule has 0 aliphatic carbocycles. The summed E-state index contributed by atoms with van der Waals surface area (Å²) in [6, 6.07) is -1.55. The molecule has 0 bridgehead atoms. The number of nitrogens with zero attached hydrogens (tertiary/aromatic N) is 1. The number of carboxylic acid groups (broad SMARTS) is 1. The molecule has 0 aliphatic heterocycles. The Labute approximate surface area is 113 Å². The molecule has 2 amide bonds. The van der Waals surface area contributed by atoms with E-state index in [2.05, 4.69) is 5.32 Å². The van der Waals surface area contributed by atoms with Crippen molar-refractivity contribution in [2.45, 2.75) is 26.3 Å². The average Bonchev–Trinajstić information content (AvgIpc) is 2.22. The third-order valence-corrected chi connectivity index (χ3v) is 3.37. The Morgan fingerprint density at radius 3 is 2.21 bits per heavy atom. The maximum atomic E-state index is 11.7. The Balaban J connectivity index is 4.43. The van der Waals surface area contributed by atoms with Crippen molar-refractivity contribution < 1.29 is 23.1 Å². The Bertz CT molecular complexity index is 419. The highest BCUT2D eigenvalue weighted by atomic mass is 32.2. The molecule has 0 fully saturated rings. The summed E-state index contributed by atoms with van der Waals surface area (Å²) in [7, 11) is -1.73. The van der Waals surface area contributed by atoms with Crippen molar-refractivity contribution in [1.29, 1.82) is 0 Å². The molecule has 19 heavy (non-hydrogen) atoms. The Hall–Kier alpha value is -1.31. The standard InChI is InChI=1S/C11H22N2O5S/c1-8(2)7-9(10(14)15)12-11(16)13(3)5-6-19(4,17)18/h8-9H,5-7H2,1-4H3,(H,12,16)(H,14,15)/t9-/m0/s1. The molecule has 112 valence electrons. The van der Waals surface area contributed by atoms with Gasteiger partial charge in [-0.3, -0.25) is 0 Å². The molecule has 0 rings (SSSR count). The second-order valence-corrected chi connectivity index (χ2v) is 7.28. The first-order chi connectivity index (χ1) is 8.53. The van der Waals surface area contributed by atoms with Crippen molar-refractivity contribution in [2.24, 2.45) is 5.92 Å². The molecular formula is C11H22N2O5S. The van der Waals surface area contributed by atoms with Gasteiger partial charge in [-0.1, -0.05) is 13.8 Å². The average molecular weight is 294 g/mol. The molecule has 7 nitrogen and oxygen atoms in total. The van der Waals surface area contributed by atoms with Crippen molar-refractivity contribution in [3.8, 4) is 0 Å². The van der Waals surface area contributed by atoms with Crippen molar-refractivity contribution in [1.82, 2.24) is 10.2 Å². The van der Waals surface area contributed by atoms with Crippen LogP contribution in [0.5, 0.6) is 0 Å². The molecule has 0 saturated carbocycles. The van der Waals surface area contributed by atoms with Gasteiger partial charge in [0, 0.05) is 19.8 Å². The van der Waals surface area contributed by atoms with Crippen LogP contribution in [-0.4, -0.2) is 62.1 Å². The van der Waals surface area contributed by atoms with E-state index in [1.54, 1.807) is 0 Å². The molecule has 0 unspecified atom stereocenters. The van der Waals surface area contributed by atoms with Crippen LogP contribution < -0.4 is 5.32 Å². The number of sulfone groups is 1. The molecular weight excluding hydrogens is 272 g/mol. The van der Waals surface area contributed by atoms with Gasteiger partial charge >= 0.3 is 12.0 Å². The van der Waals surface area contributed by atoms with Gasteiger partial charge in [0.2, 0.25) is 0 Å². The number of rotatable bonds is 7. The molecule has 0 aromatic carbocycles. The second-order valence-electron chi connectivity index (χ2n) is 5.02. The summed E-state index contributed by atoms with van der Waals surface area (Å²) in [5, 5.41) is 11.4. The van der Waals surface area contributed by atoms with Gasteiger partial charge in [0.05, 0.1) is 5.75 Å². The normalized spacial score (nSPS) is 13.1. The lowest BCUT2D eigenvalue weighted by molar-refractivity contribution is -0.139. The predicted molar refractivity (Wildman–Crippen MR) is 71.8 cm³/mol. The topological polar surface area (TPSA) is 104 Å². The first-order valence-electron chi connectivity index (χ1n) is 5.95. The predicted octanol–water partition coefficient (Wildman–Crippen LogP) is 0.172. The van der Waals surface area contributed by atoms with Gasteiger partial charge in [0.15, 0.2) is 0 Å². The first kappa shape index (κ1) is 17.7. The summed E-state index contributed by atoms with van der Waals surface area (Å²) >= 11 is 0. The number of nitrogens with one attached hydrogen (secondary N) is 1. The Morgan fingerprint density at radius 1 is 1.32 bits per heavy atom. The zero-order chi connectivity index (χ0) is 15.2. The minimum Gasteiger partial charge on any atom is -0.480 e. The van der Waals surface area contributed by atoms with E-state index in [1.165, 1.54) is 7.05 Å². The third-order valence-electron chi connectivity index (χ3n) is 2.45. The van der Waals surface area contributed by atoms with Crippen LogP contribution in [0.3, 0.4) is 0 Å². The summed E-state index contributed by atoms with van der Waals surface area (Å²) in [6.07, 6.45) is 1.40. The highest BCUT2D eigenvalue weighted by molar-refractivity contribution is 7.90. The fraction of sp³-hybridized carbons (Fsp3) is 0.818. The molecule has 0 spiro atoms. The van der Waals surface area contributed by atoms with Crippen molar-refractivity contribution >= 4 is 21.8 Å². The number of carbonyl (C=O) groups excluding carboxylic acids is 1. The van der Waals surface area contributed by atoms with Gasteiger partial charge < -0.3 is 15.3 Å². The second kappa shape index (κ2) is 7.32. The fourth-order valence-electron chi connectivity index (χ4n) is 1.36. The molecule has 0 saturated heterocycles. The highest BCUT2D eigenvalue weighted by Crippen LogP contribution is 2.05. The minimum absolute atomic E-state index is 0.0265. The van der Waals surface area contributed by atoms with Gasteiger partial charge in [-0.15, -0.1) is 0 Å². The third kappa shape index (κ3) is 8.41. The van der Waals surface area contributed by atoms with Gasteiger partial charge in [-0.25, -0.2) is 18.0 Å². The molecule has 0 aromatic heterocycles. The van der Waals surface area contributed by atoms with Crippen LogP contribution >= 0.6 is 0 Å². The number of amides is 2. The number of hydrogen-bond donors (Lipinski definition) is 2. The van der Waals surface area contributed by atoms with Crippen LogP contribution in [0, 0.1) is 5.92 Å². The van der Waals surface area contributed by atoms with E-state index in [9.17, 15) is 18.0 Å². The van der Waals surface area contributed by atoms with Gasteiger partial charge in [-0.05, 0) is 12.3 Å². The highest BCUT2D eigenvalue weighted by Gasteiger charge is 2.22. The summed E-state index contributed by atoms with van der Waals surface area (Å²) in [5.41, 5.74) is 0. The summed E-state index contributed by atoms with van der Waals surface area (Å²) < 4.78 is 22.0. The van der Waals surface area contributed by atoms with E-state index in [1.807, 2.05) is 13.8 Å². The van der Waals surface area contributed by atoms with Crippen LogP contribution in [-0.2, 0) is 14.6 Å². The molecule has 0 aliphatic rings. The van der Waals surface area contributed by atoms with Gasteiger partial charge in [0.25, 0.3) is 0 Å². The van der Waals surface area contributed by atoms with E-state index >= 15 is 0 Å². The van der Waals surface area contributed by atoms with Gasteiger partial charge in [0.1, 0.15) is 15.9 Å². The van der Waals surface area contributed by atoms with E-state index in [4.69, 9.17) is 5.11 Å². The van der Waals surface area contributed by atoms with Crippen LogP contribution in [0.2, 0.25) is 0 Å². The quantitative estimate of drug-likeness (QED) is 0.696. The molecule has 0 aromatic rings. The first-order valence-corrected chi connectivity index (χ1v) is 8.01. The lowest BCUT2D eigenvalue weighted by Gasteiger charge is -2.22. The van der Waals surface area contributed by atoms with Crippen molar-refractivity contribution in [3.63, 3.8) is 0 Å². The number of aliphatic carboxylic acids is 1. The maximum absolute atomic E-state index is 11.7. The Kier molecular flexibility index (Phi) is 6.82. The lowest BCUT2D eigenvalue weighted by atomic mass is 10.0. The number of urea groups is 1. The molecule has 1 atom stereocenters. The minimum atomic E-state index is -3.15. The molecule has 0 radical (unpaired) electrons. The summed E-state index contributed by atoms with van der Waals surface area (Å²) in [4.78, 5) is 23.9. The van der Waals surface area contributed by atoms with Crippen LogP contribution in [0.25, 0.3) is 0 Å². The summed E-state index contributed by atoms with van der Waals surface area (Å²) in [6.45, 7) is 3.74. The Morgan fingerprint density at radius 2 is 1.84 bits per heavy atom. The lowest BCUT2D eigenvalue weighted by Crippen LogP contribution is -2.48. The fourth-order valence-corrected chi connectivity index (χ4v) is 1.96. The van der Waals surface area contributed by atoms with E-state index in [0.29, 0.717) is 6.42 Å². The van der Waals surface area contributed by atoms with Gasteiger partial charge in [-0.2, -0.15) is 0 Å². The maximum Gasteiger partial charge on any atom is 0.326 e. The van der Waals surface area contributed by atoms with E-state index < -0.39 is 27.9 Å². The van der Waals surface area contributed by atoms with E-state index in [0.717, 1.165) is 11.2 Å². The van der Waals surface area contributed by atoms with Crippen LogP contribution in [0.1, 0.15) is 20.3 Å². The van der Waals surface area contributed by atoms with Crippen LogP contribution in [0.15, 0.2) is 0 Å². The summed E-state index contributed by atoms with van der Waals surface area (Å²) in [5.74, 6) is -1.12. The molecule has 8 heteroatoms. The van der Waals surface area contributed by atoms with Crippen molar-refractivity contribution in [2.75, 3.05) is 25.6 Å². The SMILES string of the molecule is CC(C)C[C@H](NC(=O)N(C)CCS(C)(=O)=O)C(=O)O.